The molecule has 0 aliphatic heterocycles. The maximum absolute atomic E-state index is 9.93. The number of nitrogens with one attached hydrogen (secondary N) is 1. The van der Waals surface area contributed by atoms with Crippen molar-refractivity contribution in [3.63, 3.8) is 0 Å². The van der Waals surface area contributed by atoms with E-state index in [1.165, 1.54) is 4.88 Å². The third-order valence-electron chi connectivity index (χ3n) is 1.79. The average Bonchev–Trinajstić information content (AvgIpc) is 2.35. The Morgan fingerprint density at radius 1 is 1.69 bits per heavy atom. The van der Waals surface area contributed by atoms with Gasteiger partial charge in [0.2, 0.25) is 0 Å². The molecule has 4 heteroatoms. The predicted molar refractivity (Wildman–Crippen MR) is 60.3 cm³/mol. The molecule has 0 saturated heterocycles. The number of aliphatic hydroxyl groups is 1. The zero-order valence-corrected chi connectivity index (χ0v) is 10.2. The molecular formula is C9H14BrNOS. The van der Waals surface area contributed by atoms with Crippen LogP contribution in [0.15, 0.2) is 15.9 Å². The lowest BCUT2D eigenvalue weighted by molar-refractivity contribution is 0.0629. The minimum Gasteiger partial charge on any atom is -0.388 e. The van der Waals surface area contributed by atoms with Crippen LogP contribution in [0, 0.1) is 0 Å². The van der Waals surface area contributed by atoms with Gasteiger partial charge in [0, 0.05) is 22.3 Å². The van der Waals surface area contributed by atoms with Crippen LogP contribution in [0.4, 0.5) is 0 Å². The second-order valence-corrected chi connectivity index (χ2v) is 5.25. The number of hydrogen-bond donors (Lipinski definition) is 2. The molecule has 13 heavy (non-hydrogen) atoms. The van der Waals surface area contributed by atoms with Crippen molar-refractivity contribution in [2.45, 2.75) is 18.9 Å². The van der Waals surface area contributed by atoms with E-state index in [9.17, 15) is 5.11 Å². The van der Waals surface area contributed by atoms with Gasteiger partial charge in [0.1, 0.15) is 0 Å². The van der Waals surface area contributed by atoms with E-state index in [4.69, 9.17) is 0 Å². The van der Waals surface area contributed by atoms with Crippen molar-refractivity contribution in [2.24, 2.45) is 0 Å². The van der Waals surface area contributed by atoms with E-state index >= 15 is 0 Å². The van der Waals surface area contributed by atoms with Crippen molar-refractivity contribution in [1.82, 2.24) is 5.32 Å². The minimum atomic E-state index is -0.665. The van der Waals surface area contributed by atoms with Crippen LogP contribution in [0.2, 0.25) is 0 Å². The van der Waals surface area contributed by atoms with Crippen molar-refractivity contribution >= 4 is 27.3 Å². The van der Waals surface area contributed by atoms with Crippen molar-refractivity contribution in [2.75, 3.05) is 13.6 Å². The average molecular weight is 264 g/mol. The molecule has 0 aliphatic carbocycles. The molecule has 0 fully saturated rings. The molecule has 1 atom stereocenters. The van der Waals surface area contributed by atoms with Crippen LogP contribution in [0.1, 0.15) is 11.8 Å². The predicted octanol–water partition coefficient (Wildman–Crippen LogP) is 2.02. The summed E-state index contributed by atoms with van der Waals surface area (Å²) >= 11 is 5.12. The van der Waals surface area contributed by atoms with Crippen LogP contribution in [0.3, 0.4) is 0 Å². The summed E-state index contributed by atoms with van der Waals surface area (Å²) in [6.45, 7) is 2.45. The molecule has 74 valence electrons. The van der Waals surface area contributed by atoms with Crippen molar-refractivity contribution in [1.29, 1.82) is 0 Å². The van der Waals surface area contributed by atoms with Crippen LogP contribution < -0.4 is 5.32 Å². The molecule has 0 bridgehead atoms. The first-order valence-electron chi connectivity index (χ1n) is 4.14. The Morgan fingerprint density at radius 2 is 2.38 bits per heavy atom. The molecule has 2 N–H and O–H groups in total. The molecule has 1 rings (SSSR count). The van der Waals surface area contributed by atoms with Crippen LogP contribution in [0.5, 0.6) is 0 Å². The third-order valence-corrected chi connectivity index (χ3v) is 3.72. The summed E-state index contributed by atoms with van der Waals surface area (Å²) in [5, 5.41) is 14.9. The summed E-state index contributed by atoms with van der Waals surface area (Å²) in [7, 11) is 1.85. The van der Waals surface area contributed by atoms with E-state index in [-0.39, 0.29) is 0 Å². The summed E-state index contributed by atoms with van der Waals surface area (Å²) in [5.41, 5.74) is -0.665. The number of thiophene rings is 1. The van der Waals surface area contributed by atoms with Gasteiger partial charge in [0.15, 0.2) is 0 Å². The highest BCUT2D eigenvalue weighted by molar-refractivity contribution is 9.10. The van der Waals surface area contributed by atoms with Gasteiger partial charge in [-0.3, -0.25) is 0 Å². The lowest BCUT2D eigenvalue weighted by Crippen LogP contribution is -2.38. The van der Waals surface area contributed by atoms with Gasteiger partial charge in [-0.05, 0) is 41.3 Å². The summed E-state index contributed by atoms with van der Waals surface area (Å²) in [4.78, 5) is 1.19. The van der Waals surface area contributed by atoms with Gasteiger partial charge in [-0.25, -0.2) is 0 Å². The molecular weight excluding hydrogens is 250 g/mol. The Hall–Kier alpha value is 0.100. The molecule has 0 aliphatic rings. The summed E-state index contributed by atoms with van der Waals surface area (Å²) in [5.74, 6) is 0. The molecule has 0 amide bonds. The van der Waals surface area contributed by atoms with Gasteiger partial charge in [-0.2, -0.15) is 0 Å². The molecule has 0 spiro atoms. The number of likely N-dealkylation sites (N-methyl/N-ethyl adjacent to an activating group) is 1. The number of halogens is 1. The second-order valence-electron chi connectivity index (χ2n) is 3.40. The standard InChI is InChI=1S/C9H14BrNOS/c1-9(12,6-11-2)5-8-7(10)3-4-13-8/h3-4,11-12H,5-6H2,1-2H3. The van der Waals surface area contributed by atoms with Gasteiger partial charge < -0.3 is 10.4 Å². The molecule has 1 heterocycles. The Kier molecular flexibility index (Phi) is 3.91. The zero-order chi connectivity index (χ0) is 9.90. The molecule has 2 nitrogen and oxygen atoms in total. The first-order valence-corrected chi connectivity index (χ1v) is 5.81. The Bertz CT molecular complexity index is 272. The fourth-order valence-corrected chi connectivity index (χ4v) is 2.91. The maximum Gasteiger partial charge on any atom is 0.0791 e. The highest BCUT2D eigenvalue weighted by Gasteiger charge is 2.21. The van der Waals surface area contributed by atoms with Gasteiger partial charge >= 0.3 is 0 Å². The minimum absolute atomic E-state index is 0.608. The van der Waals surface area contributed by atoms with E-state index in [2.05, 4.69) is 21.2 Å². The quantitative estimate of drug-likeness (QED) is 0.872. The first-order chi connectivity index (χ1) is 6.05. The Morgan fingerprint density at radius 3 is 2.85 bits per heavy atom. The van der Waals surface area contributed by atoms with Crippen molar-refractivity contribution < 1.29 is 5.11 Å². The fraction of sp³-hybridized carbons (Fsp3) is 0.556. The lowest BCUT2D eigenvalue weighted by atomic mass is 10.0. The van der Waals surface area contributed by atoms with Crippen LogP contribution in [0.25, 0.3) is 0 Å². The van der Waals surface area contributed by atoms with Gasteiger partial charge in [-0.15, -0.1) is 11.3 Å². The molecule has 0 saturated carbocycles. The van der Waals surface area contributed by atoms with Gasteiger partial charge in [0.05, 0.1) is 5.60 Å². The highest BCUT2D eigenvalue weighted by atomic mass is 79.9. The van der Waals surface area contributed by atoms with E-state index in [1.807, 2.05) is 25.4 Å². The second kappa shape index (κ2) is 4.55. The van der Waals surface area contributed by atoms with E-state index in [1.54, 1.807) is 11.3 Å². The van der Waals surface area contributed by atoms with E-state index in [0.29, 0.717) is 13.0 Å². The van der Waals surface area contributed by atoms with Gasteiger partial charge in [-0.1, -0.05) is 0 Å². The first kappa shape index (κ1) is 11.2. The zero-order valence-electron chi connectivity index (χ0n) is 7.80. The summed E-state index contributed by atoms with van der Waals surface area (Å²) in [6, 6.07) is 2.01. The third kappa shape index (κ3) is 3.38. The summed E-state index contributed by atoms with van der Waals surface area (Å²) in [6.07, 6.45) is 0.687. The molecule has 1 aromatic heterocycles. The lowest BCUT2D eigenvalue weighted by Gasteiger charge is -2.22. The largest absolute Gasteiger partial charge is 0.388 e. The van der Waals surface area contributed by atoms with Crippen molar-refractivity contribution in [3.05, 3.63) is 20.8 Å². The van der Waals surface area contributed by atoms with Crippen molar-refractivity contribution in [3.8, 4) is 0 Å². The molecule has 1 unspecified atom stereocenters. The SMILES string of the molecule is CNCC(C)(O)Cc1sccc1Br. The molecule has 0 radical (unpaired) electrons. The van der Waals surface area contributed by atoms with Gasteiger partial charge in [0.25, 0.3) is 0 Å². The smallest absolute Gasteiger partial charge is 0.0791 e. The Balaban J connectivity index is 2.63. The highest BCUT2D eigenvalue weighted by Crippen LogP contribution is 2.26. The Labute approximate surface area is 91.1 Å². The topological polar surface area (TPSA) is 32.3 Å². The maximum atomic E-state index is 9.93. The van der Waals surface area contributed by atoms with E-state index in [0.717, 1.165) is 4.47 Å². The van der Waals surface area contributed by atoms with Crippen LogP contribution in [-0.2, 0) is 6.42 Å². The number of rotatable bonds is 4. The monoisotopic (exact) mass is 263 g/mol. The summed E-state index contributed by atoms with van der Waals surface area (Å²) < 4.78 is 1.09. The van der Waals surface area contributed by atoms with Crippen LogP contribution >= 0.6 is 27.3 Å². The molecule has 0 aromatic carbocycles. The van der Waals surface area contributed by atoms with E-state index < -0.39 is 5.60 Å². The normalized spacial score (nSPS) is 15.7. The molecule has 1 aromatic rings. The number of hydrogen-bond acceptors (Lipinski definition) is 3. The fourth-order valence-electron chi connectivity index (χ4n) is 1.24. The van der Waals surface area contributed by atoms with Crippen LogP contribution in [-0.4, -0.2) is 24.3 Å².